The SMILES string of the molecule is C.CC(=O)O.CNc1nc(Cl)ncc1N.COc1cc(OC)cc(-c2nc3cnc(Cl)nc3n(C)c2=O)c1.COc1cc(OC)cc(C(=O)C(C)=O)c1. The molecule has 0 radical (unpaired) electrons. The first-order valence-electron chi connectivity index (χ1n) is 14.6. The standard InChI is InChI=1S/C15H13ClN4O3.C11H12O4.C5H7ClN4.C2H4O2.CH4/c1-20-13-11(7-17-15(16)19-13)18-12(14(20)21)8-4-9(22-2)6-10(5-8)23-3;1-7(12)11(13)8-4-9(14-2)6-10(5-8)15-3;1-8-4-3(7)2-9-5(6)10-4;1-2(3)4;/h4-7H,1-3H3;4-6H,1-3H3;2H,7H2,1H3,(H,8,9,10);1H3,(H,3,4);1H4. The highest BCUT2D eigenvalue weighted by atomic mass is 35.5. The number of carbonyl (C=O) groups excluding carboxylic acids is 2. The number of nitrogens with two attached hydrogens (primary N) is 1. The summed E-state index contributed by atoms with van der Waals surface area (Å²) in [5.74, 6) is 0.765. The Morgan fingerprint density at radius 1 is 0.792 bits per heavy atom. The number of carboxylic acid groups (broad SMARTS) is 1. The first-order chi connectivity index (χ1) is 24.6. The third kappa shape index (κ3) is 13.2. The first-order valence-corrected chi connectivity index (χ1v) is 15.4. The maximum atomic E-state index is 12.6. The number of halogens is 2. The van der Waals surface area contributed by atoms with Crippen LogP contribution in [0.1, 0.15) is 31.6 Å². The summed E-state index contributed by atoms with van der Waals surface area (Å²) in [5, 5.41) is 10.4. The molecule has 2 aromatic carbocycles. The lowest BCUT2D eigenvalue weighted by Gasteiger charge is -2.10. The lowest BCUT2D eigenvalue weighted by molar-refractivity contribution is -0.134. The molecule has 0 amide bonds. The van der Waals surface area contributed by atoms with E-state index < -0.39 is 17.5 Å². The molecule has 19 heteroatoms. The predicted octanol–water partition coefficient (Wildman–Crippen LogP) is 5.02. The van der Waals surface area contributed by atoms with E-state index in [1.54, 1.807) is 52.6 Å². The third-order valence-electron chi connectivity index (χ3n) is 6.36. The number of fused-ring (bicyclic) bond motifs is 1. The van der Waals surface area contributed by atoms with Gasteiger partial charge in [0.05, 0.1) is 46.5 Å². The number of methoxy groups -OCH3 is 4. The van der Waals surface area contributed by atoms with E-state index in [1.165, 1.54) is 50.2 Å². The van der Waals surface area contributed by atoms with Gasteiger partial charge in [0.2, 0.25) is 16.4 Å². The van der Waals surface area contributed by atoms with Crippen molar-refractivity contribution in [3.8, 4) is 34.3 Å². The fourth-order valence-electron chi connectivity index (χ4n) is 3.94. The molecule has 5 rings (SSSR count). The molecule has 4 N–H and O–H groups in total. The fourth-order valence-corrected chi connectivity index (χ4v) is 4.20. The van der Waals surface area contributed by atoms with Crippen molar-refractivity contribution in [3.05, 3.63) is 75.3 Å². The number of aromatic nitrogens is 6. The topological polar surface area (TPSA) is 233 Å². The van der Waals surface area contributed by atoms with Gasteiger partial charge in [-0.1, -0.05) is 7.43 Å². The molecular weight excluding hydrogens is 735 g/mol. The van der Waals surface area contributed by atoms with Crippen molar-refractivity contribution >= 4 is 63.4 Å². The second-order valence-corrected chi connectivity index (χ2v) is 10.6. The number of nitrogens with zero attached hydrogens (tertiary/aromatic N) is 6. The molecule has 5 aromatic rings. The smallest absolute Gasteiger partial charge is 0.300 e. The second-order valence-electron chi connectivity index (χ2n) is 9.97. The maximum absolute atomic E-state index is 12.6. The van der Waals surface area contributed by atoms with E-state index in [0.717, 1.165) is 6.92 Å². The van der Waals surface area contributed by atoms with Crippen molar-refractivity contribution < 1.29 is 38.4 Å². The number of carboxylic acids is 1. The monoisotopic (exact) mass is 774 g/mol. The van der Waals surface area contributed by atoms with E-state index in [4.69, 9.17) is 57.8 Å². The van der Waals surface area contributed by atoms with Crippen LogP contribution in [0.3, 0.4) is 0 Å². The largest absolute Gasteiger partial charge is 0.497 e. The van der Waals surface area contributed by atoms with E-state index in [2.05, 4.69) is 30.2 Å². The Morgan fingerprint density at radius 2 is 1.25 bits per heavy atom. The van der Waals surface area contributed by atoms with Gasteiger partial charge in [0, 0.05) is 51.2 Å². The van der Waals surface area contributed by atoms with E-state index in [-0.39, 0.29) is 34.8 Å². The first kappa shape index (κ1) is 45.0. The number of benzene rings is 2. The van der Waals surface area contributed by atoms with Gasteiger partial charge in [0.1, 0.15) is 34.2 Å². The fraction of sp³-hybridized carbons (Fsp3) is 0.265. The highest BCUT2D eigenvalue weighted by Gasteiger charge is 2.15. The normalized spacial score (nSPS) is 9.62. The summed E-state index contributed by atoms with van der Waals surface area (Å²) in [6, 6.07) is 9.80. The summed E-state index contributed by atoms with van der Waals surface area (Å²) in [7, 11) is 9.37. The van der Waals surface area contributed by atoms with Gasteiger partial charge in [-0.05, 0) is 47.5 Å². The number of anilines is 2. The number of nitrogens with one attached hydrogen (secondary N) is 1. The molecule has 0 aliphatic rings. The molecule has 3 heterocycles. The van der Waals surface area contributed by atoms with Gasteiger partial charge in [0.15, 0.2) is 17.2 Å². The van der Waals surface area contributed by atoms with Crippen LogP contribution in [0.15, 0.2) is 53.6 Å². The number of ketones is 2. The quantitative estimate of drug-likeness (QED) is 0.107. The van der Waals surface area contributed by atoms with Crippen LogP contribution in [0.4, 0.5) is 11.5 Å². The van der Waals surface area contributed by atoms with Gasteiger partial charge in [0.25, 0.3) is 11.5 Å². The number of hydrogen-bond acceptors (Lipinski definition) is 15. The molecule has 17 nitrogen and oxygen atoms in total. The zero-order chi connectivity index (χ0) is 39.1. The van der Waals surface area contributed by atoms with Crippen molar-refractivity contribution in [2.24, 2.45) is 7.05 Å². The molecule has 0 aliphatic carbocycles. The van der Waals surface area contributed by atoms with Gasteiger partial charge in [-0.25, -0.2) is 15.0 Å². The van der Waals surface area contributed by atoms with Crippen LogP contribution >= 0.6 is 23.2 Å². The van der Waals surface area contributed by atoms with Crippen molar-refractivity contribution in [2.75, 3.05) is 46.5 Å². The lowest BCUT2D eigenvalue weighted by Crippen LogP contribution is -2.21. The highest BCUT2D eigenvalue weighted by Crippen LogP contribution is 2.28. The highest BCUT2D eigenvalue weighted by molar-refractivity contribution is 6.43. The third-order valence-corrected chi connectivity index (χ3v) is 6.72. The molecule has 284 valence electrons. The number of carbonyl (C=O) groups is 3. The molecule has 0 fully saturated rings. The van der Waals surface area contributed by atoms with Crippen molar-refractivity contribution in [3.63, 3.8) is 0 Å². The molecule has 0 unspecified atom stereocenters. The summed E-state index contributed by atoms with van der Waals surface area (Å²) < 4.78 is 21.8. The van der Waals surface area contributed by atoms with Gasteiger partial charge in [-0.2, -0.15) is 9.97 Å². The lowest BCUT2D eigenvalue weighted by atomic mass is 10.1. The Bertz CT molecular complexity index is 2070. The van der Waals surface area contributed by atoms with Crippen molar-refractivity contribution in [1.29, 1.82) is 0 Å². The molecule has 0 spiro atoms. The van der Waals surface area contributed by atoms with Crippen LogP contribution in [0.25, 0.3) is 22.4 Å². The Labute approximate surface area is 315 Å². The second kappa shape index (κ2) is 21.3. The Hall–Kier alpha value is -6.07. The minimum absolute atomic E-state index is 0. The average molecular weight is 776 g/mol. The Kier molecular flexibility index (Phi) is 18.1. The van der Waals surface area contributed by atoms with Crippen LogP contribution < -0.4 is 35.6 Å². The van der Waals surface area contributed by atoms with Crippen molar-refractivity contribution in [2.45, 2.75) is 21.3 Å². The van der Waals surface area contributed by atoms with Gasteiger partial charge >= 0.3 is 0 Å². The zero-order valence-corrected chi connectivity index (χ0v) is 30.9. The number of Topliss-reactive ketones (excluding diaryl/α,β-unsaturated/α-hetero) is 2. The number of ether oxygens (including phenoxy) is 4. The van der Waals surface area contributed by atoms with E-state index in [1.807, 2.05) is 0 Å². The molecular formula is C34H40Cl2N8O9. The molecule has 0 bridgehead atoms. The van der Waals surface area contributed by atoms with Crippen molar-refractivity contribution in [1.82, 2.24) is 29.5 Å². The number of nitrogen functional groups attached to an aromatic ring is 1. The Morgan fingerprint density at radius 3 is 1.68 bits per heavy atom. The minimum atomic E-state index is -0.833. The summed E-state index contributed by atoms with van der Waals surface area (Å²) in [5.41, 5.74) is 7.59. The Balaban J connectivity index is 0.000000403. The van der Waals surface area contributed by atoms with Gasteiger partial charge in [-0.15, -0.1) is 0 Å². The van der Waals surface area contributed by atoms with Gasteiger partial charge < -0.3 is 35.1 Å². The molecule has 53 heavy (non-hydrogen) atoms. The van der Waals surface area contributed by atoms with E-state index >= 15 is 0 Å². The summed E-state index contributed by atoms with van der Waals surface area (Å²) in [4.78, 5) is 63.7. The van der Waals surface area contributed by atoms with Gasteiger partial charge in [-0.3, -0.25) is 23.7 Å². The van der Waals surface area contributed by atoms with Crippen LogP contribution in [0.5, 0.6) is 23.0 Å². The number of rotatable bonds is 8. The maximum Gasteiger partial charge on any atom is 0.300 e. The molecule has 0 saturated carbocycles. The van der Waals surface area contributed by atoms with E-state index in [0.29, 0.717) is 51.2 Å². The van der Waals surface area contributed by atoms with Crippen LogP contribution in [0, 0.1) is 0 Å². The molecule has 0 atom stereocenters. The number of hydrogen-bond donors (Lipinski definition) is 3. The van der Waals surface area contributed by atoms with Crippen LogP contribution in [-0.4, -0.2) is 87.6 Å². The predicted molar refractivity (Wildman–Crippen MR) is 202 cm³/mol. The summed E-state index contributed by atoms with van der Waals surface area (Å²) in [6.07, 6.45) is 2.94. The number of aliphatic carboxylic acids is 1. The van der Waals surface area contributed by atoms with Crippen LogP contribution in [0.2, 0.25) is 10.6 Å². The zero-order valence-electron chi connectivity index (χ0n) is 29.3. The minimum Gasteiger partial charge on any atom is -0.497 e. The summed E-state index contributed by atoms with van der Waals surface area (Å²) >= 11 is 11.3. The average Bonchev–Trinajstić information content (AvgIpc) is 3.13. The molecule has 3 aromatic heterocycles. The van der Waals surface area contributed by atoms with E-state index in [9.17, 15) is 14.4 Å². The number of aryl methyl sites for hydroxylation is 1. The summed E-state index contributed by atoms with van der Waals surface area (Å²) in [6.45, 7) is 2.31. The molecule has 0 saturated heterocycles. The molecule has 0 aliphatic heterocycles. The van der Waals surface area contributed by atoms with Crippen LogP contribution in [-0.2, 0) is 16.6 Å².